The van der Waals surface area contributed by atoms with Gasteiger partial charge < -0.3 is 14.1 Å². The Labute approximate surface area is 186 Å². The third-order valence-corrected chi connectivity index (χ3v) is 5.41. The molecule has 0 atom stereocenters. The Hall–Kier alpha value is -3.86. The lowest BCUT2D eigenvalue weighted by Gasteiger charge is -2.18. The molecule has 3 aromatic carbocycles. The first-order chi connectivity index (χ1) is 15.6. The summed E-state index contributed by atoms with van der Waals surface area (Å²) in [5.41, 5.74) is 1.90. The Bertz CT molecular complexity index is 1280. The van der Waals surface area contributed by atoms with Crippen LogP contribution in [0.1, 0.15) is 22.3 Å². The van der Waals surface area contributed by atoms with Crippen LogP contribution in [0.15, 0.2) is 88.1 Å². The van der Waals surface area contributed by atoms with Crippen LogP contribution in [0.3, 0.4) is 0 Å². The first-order valence-corrected chi connectivity index (χ1v) is 10.6. The van der Waals surface area contributed by atoms with Gasteiger partial charge in [-0.25, -0.2) is 0 Å². The highest BCUT2D eigenvalue weighted by Crippen LogP contribution is 2.27. The summed E-state index contributed by atoms with van der Waals surface area (Å²) in [6.07, 6.45) is 0.681. The number of para-hydroxylation sites is 2. The first-order valence-electron chi connectivity index (χ1n) is 10.6. The predicted octanol–water partition coefficient (Wildman–Crippen LogP) is 5.31. The van der Waals surface area contributed by atoms with Gasteiger partial charge in [0.2, 0.25) is 0 Å². The number of benzene rings is 3. The molecule has 0 radical (unpaired) electrons. The fraction of sp³-hybridized carbons (Fsp3) is 0.185. The Morgan fingerprint density at radius 3 is 2.34 bits per heavy atom. The number of ether oxygens (including phenoxy) is 1. The largest absolute Gasteiger partial charge is 0.494 e. The molecule has 32 heavy (non-hydrogen) atoms. The lowest BCUT2D eigenvalue weighted by molar-refractivity contribution is 0.0788. The second-order valence-corrected chi connectivity index (χ2v) is 7.68. The molecular weight excluding hydrogens is 402 g/mol. The van der Waals surface area contributed by atoms with Gasteiger partial charge in [-0.2, -0.15) is 0 Å². The molecule has 4 aromatic rings. The van der Waals surface area contributed by atoms with Gasteiger partial charge >= 0.3 is 0 Å². The average Bonchev–Trinajstić information content (AvgIpc) is 2.84. The number of hydrogen-bond acceptors (Lipinski definition) is 4. The molecule has 0 saturated heterocycles. The molecule has 0 aliphatic heterocycles. The number of carbonyl (C=O) groups is 1. The van der Waals surface area contributed by atoms with Crippen molar-refractivity contribution >= 4 is 16.9 Å². The zero-order valence-electron chi connectivity index (χ0n) is 18.2. The van der Waals surface area contributed by atoms with Gasteiger partial charge in [0.15, 0.2) is 11.0 Å². The van der Waals surface area contributed by atoms with Crippen LogP contribution in [0, 0.1) is 6.92 Å². The van der Waals surface area contributed by atoms with Crippen molar-refractivity contribution in [3.63, 3.8) is 0 Å². The van der Waals surface area contributed by atoms with Crippen molar-refractivity contribution in [2.75, 3.05) is 20.2 Å². The summed E-state index contributed by atoms with van der Waals surface area (Å²) < 4.78 is 11.9. The lowest BCUT2D eigenvalue weighted by atomic mass is 10.0. The molecule has 5 nitrogen and oxygen atoms in total. The van der Waals surface area contributed by atoms with Crippen molar-refractivity contribution in [1.29, 1.82) is 0 Å². The fourth-order valence-electron chi connectivity index (χ4n) is 3.66. The maximum atomic E-state index is 13.2. The number of hydrogen-bond donors (Lipinski definition) is 0. The molecule has 0 bridgehead atoms. The van der Waals surface area contributed by atoms with E-state index in [1.165, 1.54) is 0 Å². The van der Waals surface area contributed by atoms with Crippen LogP contribution in [0.4, 0.5) is 0 Å². The zero-order valence-corrected chi connectivity index (χ0v) is 18.2. The van der Waals surface area contributed by atoms with Gasteiger partial charge in [0.25, 0.3) is 5.91 Å². The third-order valence-electron chi connectivity index (χ3n) is 5.41. The number of fused-ring (bicyclic) bond motifs is 1. The van der Waals surface area contributed by atoms with E-state index in [0.717, 1.165) is 11.3 Å². The van der Waals surface area contributed by atoms with Crippen LogP contribution in [-0.4, -0.2) is 31.0 Å². The minimum absolute atomic E-state index is 0.126. The molecular formula is C27H25NO4. The Morgan fingerprint density at radius 2 is 1.62 bits per heavy atom. The Kier molecular flexibility index (Phi) is 6.36. The summed E-state index contributed by atoms with van der Waals surface area (Å²) in [7, 11) is 1.74. The third kappa shape index (κ3) is 4.42. The second-order valence-electron chi connectivity index (χ2n) is 7.68. The van der Waals surface area contributed by atoms with Gasteiger partial charge in [0.05, 0.1) is 17.6 Å². The van der Waals surface area contributed by atoms with E-state index in [-0.39, 0.29) is 11.3 Å². The molecule has 1 heterocycles. The summed E-state index contributed by atoms with van der Waals surface area (Å²) in [5, 5.41) is 0.411. The Morgan fingerprint density at radius 1 is 0.938 bits per heavy atom. The zero-order chi connectivity index (χ0) is 22.5. The summed E-state index contributed by atoms with van der Waals surface area (Å²) in [4.78, 5) is 27.8. The van der Waals surface area contributed by atoms with Crippen molar-refractivity contribution in [1.82, 2.24) is 4.90 Å². The van der Waals surface area contributed by atoms with E-state index in [9.17, 15) is 9.59 Å². The highest BCUT2D eigenvalue weighted by Gasteiger charge is 2.20. The molecule has 1 amide bonds. The minimum atomic E-state index is -0.193. The van der Waals surface area contributed by atoms with E-state index in [1.54, 1.807) is 37.1 Å². The standard InChI is InChI=1S/C27H25NO4/c1-19-24(29)22-15-9-16-23(26(22)32-25(19)20-11-5-3-6-12-20)27(30)28(2)17-10-18-31-21-13-7-4-8-14-21/h3-9,11-16H,10,17-18H2,1-2H3. The van der Waals surface area contributed by atoms with Gasteiger partial charge in [0, 0.05) is 24.7 Å². The van der Waals surface area contributed by atoms with Crippen molar-refractivity contribution in [3.8, 4) is 17.1 Å². The highest BCUT2D eigenvalue weighted by molar-refractivity contribution is 6.05. The second kappa shape index (κ2) is 9.52. The van der Waals surface area contributed by atoms with E-state index < -0.39 is 0 Å². The number of rotatable bonds is 7. The highest BCUT2D eigenvalue weighted by atomic mass is 16.5. The van der Waals surface area contributed by atoms with Gasteiger partial charge in [-0.1, -0.05) is 54.6 Å². The molecule has 5 heteroatoms. The van der Waals surface area contributed by atoms with Gasteiger partial charge in [-0.15, -0.1) is 0 Å². The molecule has 0 aliphatic carbocycles. The lowest BCUT2D eigenvalue weighted by Crippen LogP contribution is -2.29. The van der Waals surface area contributed by atoms with E-state index in [4.69, 9.17) is 9.15 Å². The summed E-state index contributed by atoms with van der Waals surface area (Å²) >= 11 is 0. The quantitative estimate of drug-likeness (QED) is 0.375. The van der Waals surface area contributed by atoms with E-state index >= 15 is 0 Å². The molecule has 0 unspecified atom stereocenters. The monoisotopic (exact) mass is 427 g/mol. The van der Waals surface area contributed by atoms with Crippen LogP contribution in [0.25, 0.3) is 22.3 Å². The smallest absolute Gasteiger partial charge is 0.257 e. The number of carbonyl (C=O) groups excluding carboxylic acids is 1. The molecule has 4 rings (SSSR count). The summed E-state index contributed by atoms with van der Waals surface area (Å²) in [6, 6.07) is 24.2. The van der Waals surface area contributed by atoms with E-state index in [0.29, 0.717) is 47.4 Å². The van der Waals surface area contributed by atoms with Crippen molar-refractivity contribution in [3.05, 3.63) is 100 Å². The molecule has 0 N–H and O–H groups in total. The van der Waals surface area contributed by atoms with E-state index in [1.807, 2.05) is 60.7 Å². The normalized spacial score (nSPS) is 10.8. The summed E-state index contributed by atoms with van der Waals surface area (Å²) in [5.74, 6) is 1.10. The topological polar surface area (TPSA) is 59.8 Å². The van der Waals surface area contributed by atoms with Crippen LogP contribution in [0.2, 0.25) is 0 Å². The van der Waals surface area contributed by atoms with Gasteiger partial charge in [-0.3, -0.25) is 9.59 Å². The maximum Gasteiger partial charge on any atom is 0.257 e. The predicted molar refractivity (Wildman–Crippen MR) is 126 cm³/mol. The average molecular weight is 428 g/mol. The number of amides is 1. The number of nitrogens with zero attached hydrogens (tertiary/aromatic N) is 1. The first kappa shape index (κ1) is 21.4. The van der Waals surface area contributed by atoms with E-state index in [2.05, 4.69) is 0 Å². The molecule has 162 valence electrons. The van der Waals surface area contributed by atoms with Crippen LogP contribution in [0.5, 0.6) is 5.75 Å². The fourth-order valence-corrected chi connectivity index (χ4v) is 3.66. The summed E-state index contributed by atoms with van der Waals surface area (Å²) in [6.45, 7) is 2.77. The minimum Gasteiger partial charge on any atom is -0.494 e. The van der Waals surface area contributed by atoms with Crippen molar-refractivity contribution in [2.45, 2.75) is 13.3 Å². The Balaban J connectivity index is 1.57. The van der Waals surface area contributed by atoms with Crippen molar-refractivity contribution < 1.29 is 13.9 Å². The SMILES string of the molecule is Cc1c(-c2ccccc2)oc2c(C(=O)N(C)CCCOc3ccccc3)cccc2c1=O. The van der Waals surface area contributed by atoms with Gasteiger partial charge in [0.1, 0.15) is 11.5 Å². The van der Waals surface area contributed by atoms with Crippen LogP contribution >= 0.6 is 0 Å². The molecule has 0 spiro atoms. The molecule has 0 saturated carbocycles. The van der Waals surface area contributed by atoms with Crippen molar-refractivity contribution in [2.24, 2.45) is 0 Å². The van der Waals surface area contributed by atoms with Crippen LogP contribution < -0.4 is 10.2 Å². The van der Waals surface area contributed by atoms with Crippen LogP contribution in [-0.2, 0) is 0 Å². The molecule has 1 aromatic heterocycles. The molecule has 0 aliphatic rings. The molecule has 0 fully saturated rings. The van der Waals surface area contributed by atoms with Gasteiger partial charge in [-0.05, 0) is 37.6 Å². The maximum absolute atomic E-state index is 13.2.